The maximum absolute atomic E-state index is 12.8. The number of thioether (sulfide) groups is 1. The summed E-state index contributed by atoms with van der Waals surface area (Å²) in [5, 5.41) is 16.2. The van der Waals surface area contributed by atoms with Crippen molar-refractivity contribution in [3.05, 3.63) is 63.7 Å². The topological polar surface area (TPSA) is 87.3 Å². The van der Waals surface area contributed by atoms with Gasteiger partial charge in [-0.25, -0.2) is 0 Å². The van der Waals surface area contributed by atoms with Crippen molar-refractivity contribution in [3.63, 3.8) is 0 Å². The summed E-state index contributed by atoms with van der Waals surface area (Å²) in [6, 6.07) is 11.4. The second kappa shape index (κ2) is 10.9. The van der Waals surface area contributed by atoms with Crippen LogP contribution >= 0.6 is 23.4 Å². The lowest BCUT2D eigenvalue weighted by molar-refractivity contribution is -0.114. The lowest BCUT2D eigenvalue weighted by Gasteiger charge is -2.20. The number of fused-ring (bicyclic) bond motifs is 1. The summed E-state index contributed by atoms with van der Waals surface area (Å²) >= 11 is 7.56. The van der Waals surface area contributed by atoms with E-state index in [1.54, 1.807) is 24.3 Å². The van der Waals surface area contributed by atoms with Gasteiger partial charge < -0.3 is 9.47 Å². The number of amides is 1. The van der Waals surface area contributed by atoms with Gasteiger partial charge in [0.15, 0.2) is 5.84 Å². The number of carbonyl (C=O) groups excluding carboxylic acids is 1. The summed E-state index contributed by atoms with van der Waals surface area (Å²) in [5.74, 6) is 1.38. The Hall–Kier alpha value is -3.10. The monoisotopic (exact) mass is 524 g/mol. The Morgan fingerprint density at radius 1 is 1.06 bits per heavy atom. The summed E-state index contributed by atoms with van der Waals surface area (Å²) in [5.41, 5.74) is 2.98. The molecule has 2 aliphatic rings. The molecule has 2 aromatic carbocycles. The number of aliphatic imine (C=N–C) groups is 1. The van der Waals surface area contributed by atoms with Crippen LogP contribution in [0.4, 0.5) is 0 Å². The predicted octanol–water partition coefficient (Wildman–Crippen LogP) is 6.50. The van der Waals surface area contributed by atoms with E-state index in [0.717, 1.165) is 21.9 Å². The quantitative estimate of drug-likeness (QED) is 0.314. The van der Waals surface area contributed by atoms with Crippen molar-refractivity contribution in [1.29, 1.82) is 5.41 Å². The molecule has 9 heteroatoms. The molecule has 0 saturated carbocycles. The third-order valence-electron chi connectivity index (χ3n) is 5.63. The van der Waals surface area contributed by atoms with Gasteiger partial charge in [-0.05, 0) is 66.1 Å². The first-order chi connectivity index (χ1) is 17.1. The van der Waals surface area contributed by atoms with Gasteiger partial charge in [-0.2, -0.15) is 15.1 Å². The average Bonchev–Trinajstić information content (AvgIpc) is 3.25. The number of carbonyl (C=O) groups is 1. The Morgan fingerprint density at radius 3 is 2.47 bits per heavy atom. The van der Waals surface area contributed by atoms with E-state index >= 15 is 0 Å². The van der Waals surface area contributed by atoms with Gasteiger partial charge in [0.2, 0.25) is 5.17 Å². The second-order valence-corrected chi connectivity index (χ2v) is 10.6. The number of hydrazone groups is 1. The van der Waals surface area contributed by atoms with Gasteiger partial charge in [0.25, 0.3) is 5.91 Å². The van der Waals surface area contributed by atoms with E-state index in [2.05, 4.69) is 36.1 Å². The van der Waals surface area contributed by atoms with Crippen molar-refractivity contribution < 1.29 is 14.3 Å². The first kappa shape index (κ1) is 26.0. The number of ether oxygens (including phenoxy) is 2. The molecule has 0 atom stereocenters. The van der Waals surface area contributed by atoms with Crippen LogP contribution in [0.15, 0.2) is 52.1 Å². The molecule has 2 aliphatic heterocycles. The highest BCUT2D eigenvalue weighted by Crippen LogP contribution is 2.33. The maximum atomic E-state index is 12.8. The van der Waals surface area contributed by atoms with Crippen LogP contribution in [0.2, 0.25) is 5.02 Å². The van der Waals surface area contributed by atoms with Crippen molar-refractivity contribution >= 4 is 51.4 Å². The summed E-state index contributed by atoms with van der Waals surface area (Å²) < 4.78 is 12.0. The summed E-state index contributed by atoms with van der Waals surface area (Å²) in [6.07, 6.45) is 1.58. The van der Waals surface area contributed by atoms with Crippen LogP contribution in [0.25, 0.3) is 6.08 Å². The Kier molecular flexibility index (Phi) is 7.85. The molecule has 1 N–H and O–H groups in total. The number of benzene rings is 2. The summed E-state index contributed by atoms with van der Waals surface area (Å²) in [4.78, 5) is 16.9. The molecule has 2 heterocycles. The van der Waals surface area contributed by atoms with Crippen molar-refractivity contribution in [2.45, 2.75) is 40.5 Å². The molecule has 188 valence electrons. The summed E-state index contributed by atoms with van der Waals surface area (Å²) in [6.45, 7) is 11.0. The zero-order chi connectivity index (χ0) is 26.0. The maximum Gasteiger partial charge on any atom is 0.283 e. The Balaban J connectivity index is 1.51. The Bertz CT molecular complexity index is 1300. The number of nitrogens with one attached hydrogen (secondary N) is 1. The number of halogens is 1. The lowest BCUT2D eigenvalue weighted by atomic mass is 10.0. The summed E-state index contributed by atoms with van der Waals surface area (Å²) in [7, 11) is 0. The van der Waals surface area contributed by atoms with Crippen LogP contribution in [-0.2, 0) is 4.79 Å². The van der Waals surface area contributed by atoms with E-state index in [-0.39, 0.29) is 17.3 Å². The van der Waals surface area contributed by atoms with E-state index in [9.17, 15) is 4.79 Å². The largest absolute Gasteiger partial charge is 0.490 e. The minimum atomic E-state index is -0.492. The van der Waals surface area contributed by atoms with Gasteiger partial charge in [-0.1, -0.05) is 51.4 Å². The highest BCUT2D eigenvalue weighted by Gasteiger charge is 2.36. The van der Waals surface area contributed by atoms with Crippen LogP contribution in [-0.4, -0.2) is 40.2 Å². The molecule has 0 aromatic heterocycles. The van der Waals surface area contributed by atoms with Crippen LogP contribution in [0.1, 0.15) is 50.3 Å². The molecule has 0 saturated heterocycles. The van der Waals surface area contributed by atoms with Crippen molar-refractivity contribution in [3.8, 4) is 11.5 Å². The molecular formula is C27H29ClN4O3S. The van der Waals surface area contributed by atoms with Gasteiger partial charge in [-0.15, -0.1) is 0 Å². The van der Waals surface area contributed by atoms with E-state index in [1.807, 2.05) is 26.8 Å². The molecular weight excluding hydrogens is 496 g/mol. The fraction of sp³-hybridized carbons (Fsp3) is 0.333. The molecule has 0 unspecified atom stereocenters. The average molecular weight is 525 g/mol. The standard InChI is InChI=1S/C27H29ClN4O3S/c1-15(2)20-8-6-17(5)12-23(20)35-11-10-34-22-9-7-19(28)13-18(22)14-21-24(29)32-27(30-25(21)33)36-26(31-32)16(3)4/h6-9,12-16,29H,10-11H2,1-5H3/b21-14-,29-24?. The number of rotatable bonds is 8. The van der Waals surface area contributed by atoms with Crippen LogP contribution in [0, 0.1) is 18.3 Å². The normalized spacial score (nSPS) is 16.6. The minimum Gasteiger partial charge on any atom is -0.490 e. The van der Waals surface area contributed by atoms with Crippen molar-refractivity contribution in [2.24, 2.45) is 16.0 Å². The SMILES string of the molecule is Cc1ccc(C(C)C)c(OCCOc2ccc(Cl)cc2/C=C2/C(=N)N3N=C(C(C)C)SC3=NC2=O)c1. The fourth-order valence-electron chi connectivity index (χ4n) is 3.71. The van der Waals surface area contributed by atoms with Crippen molar-refractivity contribution in [2.75, 3.05) is 13.2 Å². The molecule has 0 radical (unpaired) electrons. The zero-order valence-corrected chi connectivity index (χ0v) is 22.5. The lowest BCUT2D eigenvalue weighted by Crippen LogP contribution is -2.35. The Labute approximate surface area is 220 Å². The molecule has 0 aliphatic carbocycles. The predicted molar refractivity (Wildman–Crippen MR) is 148 cm³/mol. The zero-order valence-electron chi connectivity index (χ0n) is 21.0. The van der Waals surface area contributed by atoms with Crippen LogP contribution in [0.5, 0.6) is 11.5 Å². The van der Waals surface area contributed by atoms with Gasteiger partial charge in [0.05, 0.1) is 5.57 Å². The molecule has 0 fully saturated rings. The number of amidine groups is 2. The number of nitrogens with zero attached hydrogens (tertiary/aromatic N) is 3. The molecule has 7 nitrogen and oxygen atoms in total. The van der Waals surface area contributed by atoms with Gasteiger partial charge in [0.1, 0.15) is 29.8 Å². The first-order valence-corrected chi connectivity index (χ1v) is 13.0. The number of hydrogen-bond acceptors (Lipinski definition) is 6. The minimum absolute atomic E-state index is 0.0249. The number of aryl methyl sites for hydroxylation is 1. The van der Waals surface area contributed by atoms with Gasteiger partial charge in [-0.3, -0.25) is 10.2 Å². The second-order valence-electron chi connectivity index (χ2n) is 9.19. The van der Waals surface area contributed by atoms with Crippen molar-refractivity contribution in [1.82, 2.24) is 5.01 Å². The highest BCUT2D eigenvalue weighted by molar-refractivity contribution is 8.27. The fourth-order valence-corrected chi connectivity index (χ4v) is 4.78. The third-order valence-corrected chi connectivity index (χ3v) is 7.07. The van der Waals surface area contributed by atoms with E-state index in [1.165, 1.54) is 16.8 Å². The Morgan fingerprint density at radius 2 is 1.78 bits per heavy atom. The van der Waals surface area contributed by atoms with E-state index < -0.39 is 5.91 Å². The number of hydrogen-bond donors (Lipinski definition) is 1. The first-order valence-electron chi connectivity index (χ1n) is 11.8. The van der Waals surface area contributed by atoms with E-state index in [0.29, 0.717) is 40.6 Å². The molecule has 0 spiro atoms. The third kappa shape index (κ3) is 5.65. The van der Waals surface area contributed by atoms with Crippen LogP contribution < -0.4 is 9.47 Å². The molecule has 36 heavy (non-hydrogen) atoms. The van der Waals surface area contributed by atoms with Gasteiger partial charge >= 0.3 is 0 Å². The highest BCUT2D eigenvalue weighted by atomic mass is 35.5. The van der Waals surface area contributed by atoms with Crippen LogP contribution in [0.3, 0.4) is 0 Å². The molecule has 2 aromatic rings. The molecule has 1 amide bonds. The smallest absolute Gasteiger partial charge is 0.283 e. The molecule has 0 bridgehead atoms. The van der Waals surface area contributed by atoms with E-state index in [4.69, 9.17) is 26.5 Å². The molecule has 4 rings (SSSR count). The van der Waals surface area contributed by atoms with Gasteiger partial charge in [0, 0.05) is 16.5 Å².